The third-order valence-electron chi connectivity index (χ3n) is 3.49. The molecule has 2 aromatic heterocycles. The Morgan fingerprint density at radius 2 is 1.65 bits per heavy atom. The number of hydrogen-bond acceptors (Lipinski definition) is 4. The van der Waals surface area contributed by atoms with Crippen molar-refractivity contribution in [1.82, 2.24) is 10.6 Å². The first-order valence-electron chi connectivity index (χ1n) is 7.60. The van der Waals surface area contributed by atoms with E-state index in [1.807, 2.05) is 35.0 Å². The standard InChI is InChI=1S/C17H22N2O2S2/c1-11(2)17(15-7-5-9-23-15)19-16(21)10-13(18-12(3)20)14-6-4-8-22-14/h4-9,11,13,17H,10H2,1-3H3,(H,18,20)(H,19,21). The fraction of sp³-hybridized carbons (Fsp3) is 0.412. The van der Waals surface area contributed by atoms with Crippen molar-refractivity contribution in [3.63, 3.8) is 0 Å². The predicted octanol–water partition coefficient (Wildman–Crippen LogP) is 3.89. The molecule has 0 bridgehead atoms. The summed E-state index contributed by atoms with van der Waals surface area (Å²) >= 11 is 3.19. The van der Waals surface area contributed by atoms with E-state index in [1.165, 1.54) is 6.92 Å². The number of thiophene rings is 2. The average Bonchev–Trinajstić information content (AvgIpc) is 3.16. The van der Waals surface area contributed by atoms with Gasteiger partial charge in [-0.2, -0.15) is 0 Å². The van der Waals surface area contributed by atoms with Crippen molar-refractivity contribution >= 4 is 34.5 Å². The number of nitrogens with one attached hydrogen (secondary N) is 2. The van der Waals surface area contributed by atoms with E-state index in [0.29, 0.717) is 5.92 Å². The molecule has 0 saturated carbocycles. The molecule has 0 spiro atoms. The lowest BCUT2D eigenvalue weighted by Gasteiger charge is -2.23. The summed E-state index contributed by atoms with van der Waals surface area (Å²) in [5.41, 5.74) is 0. The van der Waals surface area contributed by atoms with Gasteiger partial charge in [-0.1, -0.05) is 26.0 Å². The van der Waals surface area contributed by atoms with E-state index >= 15 is 0 Å². The van der Waals surface area contributed by atoms with E-state index in [-0.39, 0.29) is 30.3 Å². The highest BCUT2D eigenvalue weighted by Gasteiger charge is 2.23. The summed E-state index contributed by atoms with van der Waals surface area (Å²) < 4.78 is 0. The normalized spacial score (nSPS) is 13.6. The van der Waals surface area contributed by atoms with E-state index in [9.17, 15) is 9.59 Å². The van der Waals surface area contributed by atoms with E-state index in [1.54, 1.807) is 22.7 Å². The van der Waals surface area contributed by atoms with E-state index in [0.717, 1.165) is 9.75 Å². The quantitative estimate of drug-likeness (QED) is 0.796. The SMILES string of the molecule is CC(=O)NC(CC(=O)NC(c1cccs1)C(C)C)c1cccs1. The van der Waals surface area contributed by atoms with Crippen LogP contribution in [0.2, 0.25) is 0 Å². The average molecular weight is 351 g/mol. The van der Waals surface area contributed by atoms with Crippen LogP contribution in [0.3, 0.4) is 0 Å². The Balaban J connectivity index is 2.04. The first kappa shape index (κ1) is 17.7. The molecule has 2 unspecified atom stereocenters. The van der Waals surface area contributed by atoms with Gasteiger partial charge in [0.15, 0.2) is 0 Å². The second kappa shape index (κ2) is 8.26. The van der Waals surface area contributed by atoms with Crippen LogP contribution in [-0.4, -0.2) is 11.8 Å². The summed E-state index contributed by atoms with van der Waals surface area (Å²) in [4.78, 5) is 26.0. The zero-order valence-corrected chi connectivity index (χ0v) is 15.2. The smallest absolute Gasteiger partial charge is 0.222 e. The molecule has 2 amide bonds. The van der Waals surface area contributed by atoms with Crippen LogP contribution < -0.4 is 10.6 Å². The van der Waals surface area contributed by atoms with Gasteiger partial charge in [0.25, 0.3) is 0 Å². The Labute approximate surface area is 144 Å². The van der Waals surface area contributed by atoms with Gasteiger partial charge in [0.05, 0.1) is 18.5 Å². The van der Waals surface area contributed by atoms with Crippen molar-refractivity contribution < 1.29 is 9.59 Å². The molecular weight excluding hydrogens is 328 g/mol. The Kier molecular flexibility index (Phi) is 6.36. The van der Waals surface area contributed by atoms with Crippen molar-refractivity contribution in [2.45, 2.75) is 39.3 Å². The molecule has 0 radical (unpaired) electrons. The molecule has 124 valence electrons. The van der Waals surface area contributed by atoms with Crippen LogP contribution in [-0.2, 0) is 9.59 Å². The second-order valence-electron chi connectivity index (χ2n) is 5.78. The molecule has 0 saturated heterocycles. The van der Waals surface area contributed by atoms with Crippen molar-refractivity contribution in [2.75, 3.05) is 0 Å². The minimum Gasteiger partial charge on any atom is -0.348 e. The summed E-state index contributed by atoms with van der Waals surface area (Å²) in [6.45, 7) is 5.66. The molecule has 0 fully saturated rings. The second-order valence-corrected chi connectivity index (χ2v) is 7.74. The van der Waals surface area contributed by atoms with Gasteiger partial charge in [0.1, 0.15) is 0 Å². The van der Waals surface area contributed by atoms with Gasteiger partial charge in [0, 0.05) is 16.7 Å². The summed E-state index contributed by atoms with van der Waals surface area (Å²) in [6, 6.07) is 7.63. The van der Waals surface area contributed by atoms with E-state index in [2.05, 4.69) is 24.5 Å². The Bertz CT molecular complexity index is 621. The number of amides is 2. The van der Waals surface area contributed by atoms with Gasteiger partial charge in [0.2, 0.25) is 11.8 Å². The molecule has 2 atom stereocenters. The number of carbonyl (C=O) groups is 2. The minimum atomic E-state index is -0.274. The predicted molar refractivity (Wildman–Crippen MR) is 95.5 cm³/mol. The summed E-state index contributed by atoms with van der Waals surface area (Å²) in [5, 5.41) is 9.94. The lowest BCUT2D eigenvalue weighted by Crippen LogP contribution is -2.35. The Morgan fingerprint density at radius 3 is 2.13 bits per heavy atom. The lowest BCUT2D eigenvalue weighted by atomic mass is 10.0. The Morgan fingerprint density at radius 1 is 1.04 bits per heavy atom. The van der Waals surface area contributed by atoms with E-state index in [4.69, 9.17) is 0 Å². The fourth-order valence-corrected chi connectivity index (χ4v) is 4.14. The topological polar surface area (TPSA) is 58.2 Å². The van der Waals surface area contributed by atoms with Gasteiger partial charge < -0.3 is 10.6 Å². The first-order valence-corrected chi connectivity index (χ1v) is 9.36. The highest BCUT2D eigenvalue weighted by atomic mass is 32.1. The summed E-state index contributed by atoms with van der Waals surface area (Å²) in [6.07, 6.45) is 0.245. The Hall–Kier alpha value is -1.66. The summed E-state index contributed by atoms with van der Waals surface area (Å²) in [7, 11) is 0. The molecule has 2 aromatic rings. The zero-order chi connectivity index (χ0) is 16.8. The van der Waals surface area contributed by atoms with Gasteiger partial charge in [-0.25, -0.2) is 0 Å². The summed E-state index contributed by atoms with van der Waals surface area (Å²) in [5.74, 6) is 0.123. The maximum Gasteiger partial charge on any atom is 0.222 e. The van der Waals surface area contributed by atoms with Crippen LogP contribution in [0.15, 0.2) is 35.0 Å². The molecule has 23 heavy (non-hydrogen) atoms. The van der Waals surface area contributed by atoms with Crippen molar-refractivity contribution in [3.8, 4) is 0 Å². The zero-order valence-electron chi connectivity index (χ0n) is 13.5. The van der Waals surface area contributed by atoms with Crippen molar-refractivity contribution in [2.24, 2.45) is 5.92 Å². The van der Waals surface area contributed by atoms with Crippen molar-refractivity contribution in [3.05, 3.63) is 44.8 Å². The molecule has 0 aliphatic heterocycles. The third kappa shape index (κ3) is 5.18. The molecular formula is C17H22N2O2S2. The maximum absolute atomic E-state index is 12.5. The van der Waals surface area contributed by atoms with Crippen LogP contribution in [0.5, 0.6) is 0 Å². The monoisotopic (exact) mass is 350 g/mol. The van der Waals surface area contributed by atoms with Crippen LogP contribution in [0.25, 0.3) is 0 Å². The van der Waals surface area contributed by atoms with Gasteiger partial charge in [-0.05, 0) is 28.8 Å². The maximum atomic E-state index is 12.5. The number of hydrogen-bond donors (Lipinski definition) is 2. The van der Waals surface area contributed by atoms with Crippen LogP contribution in [0, 0.1) is 5.92 Å². The molecule has 0 aromatic carbocycles. The lowest BCUT2D eigenvalue weighted by molar-refractivity contribution is -0.123. The van der Waals surface area contributed by atoms with Crippen LogP contribution >= 0.6 is 22.7 Å². The van der Waals surface area contributed by atoms with E-state index < -0.39 is 0 Å². The molecule has 6 heteroatoms. The van der Waals surface area contributed by atoms with Crippen LogP contribution in [0.1, 0.15) is 49.0 Å². The minimum absolute atomic E-state index is 0.00353. The fourth-order valence-electron chi connectivity index (χ4n) is 2.41. The molecule has 0 aliphatic rings. The first-order chi connectivity index (χ1) is 11.0. The molecule has 2 N–H and O–H groups in total. The van der Waals surface area contributed by atoms with Gasteiger partial charge >= 0.3 is 0 Å². The van der Waals surface area contributed by atoms with Crippen LogP contribution in [0.4, 0.5) is 0 Å². The highest BCUT2D eigenvalue weighted by molar-refractivity contribution is 7.10. The third-order valence-corrected chi connectivity index (χ3v) is 5.43. The molecule has 2 rings (SSSR count). The van der Waals surface area contributed by atoms with Gasteiger partial charge in [-0.3, -0.25) is 9.59 Å². The largest absolute Gasteiger partial charge is 0.348 e. The van der Waals surface area contributed by atoms with Crippen molar-refractivity contribution in [1.29, 1.82) is 0 Å². The highest BCUT2D eigenvalue weighted by Crippen LogP contribution is 2.27. The molecule has 0 aliphatic carbocycles. The number of rotatable bonds is 7. The van der Waals surface area contributed by atoms with Gasteiger partial charge in [-0.15, -0.1) is 22.7 Å². The number of carbonyl (C=O) groups excluding carboxylic acids is 2. The molecule has 4 nitrogen and oxygen atoms in total. The molecule has 2 heterocycles.